The van der Waals surface area contributed by atoms with Gasteiger partial charge in [-0.2, -0.15) is 0 Å². The number of nitrogens with zero attached hydrogens (tertiary/aromatic N) is 2. The molecule has 2 heterocycles. The maximum atomic E-state index is 13.2. The van der Waals surface area contributed by atoms with Gasteiger partial charge in [0.2, 0.25) is 0 Å². The molecule has 0 spiro atoms. The van der Waals surface area contributed by atoms with E-state index in [2.05, 4.69) is 10.3 Å². The van der Waals surface area contributed by atoms with Crippen LogP contribution in [0.3, 0.4) is 0 Å². The van der Waals surface area contributed by atoms with Crippen molar-refractivity contribution < 1.29 is 13.9 Å². The smallest absolute Gasteiger partial charge is 0.410 e. The van der Waals surface area contributed by atoms with Crippen molar-refractivity contribution >= 4 is 6.09 Å². The largest absolute Gasteiger partial charge is 0.444 e. The van der Waals surface area contributed by atoms with Gasteiger partial charge in [0.05, 0.1) is 6.20 Å². The number of likely N-dealkylation sites (tertiary alicyclic amines) is 1. The molecule has 1 N–H and O–H groups in total. The highest BCUT2D eigenvalue weighted by molar-refractivity contribution is 5.68. The quantitative estimate of drug-likeness (QED) is 0.933. The summed E-state index contributed by atoms with van der Waals surface area (Å²) in [5.74, 6) is -0.340. The van der Waals surface area contributed by atoms with Crippen LogP contribution >= 0.6 is 0 Å². The average molecular weight is 309 g/mol. The summed E-state index contributed by atoms with van der Waals surface area (Å²) in [5.41, 5.74) is 0.319. The fourth-order valence-electron chi connectivity index (χ4n) is 2.50. The van der Waals surface area contributed by atoms with Gasteiger partial charge in [0.1, 0.15) is 11.4 Å². The van der Waals surface area contributed by atoms with Gasteiger partial charge in [0.25, 0.3) is 0 Å². The number of carbonyl (C=O) groups excluding carboxylic acids is 1. The Balaban J connectivity index is 1.87. The Bertz CT molecular complexity index is 530. The first kappa shape index (κ1) is 16.7. The zero-order valence-corrected chi connectivity index (χ0v) is 13.6. The lowest BCUT2D eigenvalue weighted by Gasteiger charge is -2.25. The minimum Gasteiger partial charge on any atom is -0.444 e. The van der Waals surface area contributed by atoms with E-state index in [0.29, 0.717) is 13.1 Å². The van der Waals surface area contributed by atoms with E-state index in [1.165, 1.54) is 12.3 Å². The normalized spacial score (nSPS) is 20.0. The SMILES string of the molecule is CC(NC1CCN(C(=O)OC(C)(C)C)C1)c1cncc(F)c1. The molecular weight excluding hydrogens is 285 g/mol. The van der Waals surface area contributed by atoms with Crippen molar-refractivity contribution in [2.24, 2.45) is 0 Å². The number of rotatable bonds is 3. The van der Waals surface area contributed by atoms with E-state index in [-0.39, 0.29) is 24.0 Å². The number of hydrogen-bond acceptors (Lipinski definition) is 4. The average Bonchev–Trinajstić information content (AvgIpc) is 2.85. The zero-order valence-electron chi connectivity index (χ0n) is 13.6. The second-order valence-corrected chi connectivity index (χ2v) is 6.74. The zero-order chi connectivity index (χ0) is 16.3. The van der Waals surface area contributed by atoms with Crippen molar-refractivity contribution in [2.75, 3.05) is 13.1 Å². The topological polar surface area (TPSA) is 54.5 Å². The number of halogens is 1. The third-order valence-corrected chi connectivity index (χ3v) is 3.55. The molecule has 1 fully saturated rings. The number of pyridine rings is 1. The van der Waals surface area contributed by atoms with Crippen molar-refractivity contribution in [3.63, 3.8) is 0 Å². The Hall–Kier alpha value is -1.69. The maximum Gasteiger partial charge on any atom is 0.410 e. The van der Waals surface area contributed by atoms with Crippen LogP contribution in [0.2, 0.25) is 0 Å². The predicted octanol–water partition coefficient (Wildman–Crippen LogP) is 2.88. The molecule has 2 rings (SSSR count). The second-order valence-electron chi connectivity index (χ2n) is 6.74. The summed E-state index contributed by atoms with van der Waals surface area (Å²) in [4.78, 5) is 17.6. The molecule has 1 aromatic heterocycles. The van der Waals surface area contributed by atoms with Gasteiger partial charge in [-0.3, -0.25) is 4.98 Å². The van der Waals surface area contributed by atoms with Crippen molar-refractivity contribution in [1.29, 1.82) is 0 Å². The maximum absolute atomic E-state index is 13.2. The Labute approximate surface area is 130 Å². The Morgan fingerprint density at radius 3 is 2.86 bits per heavy atom. The first-order valence-corrected chi connectivity index (χ1v) is 7.59. The third-order valence-electron chi connectivity index (χ3n) is 3.55. The lowest BCUT2D eigenvalue weighted by molar-refractivity contribution is 0.0290. The molecule has 1 aliphatic rings. The molecule has 5 nitrogen and oxygen atoms in total. The molecule has 2 unspecified atom stereocenters. The molecule has 0 saturated carbocycles. The van der Waals surface area contributed by atoms with Crippen LogP contribution in [0.25, 0.3) is 0 Å². The van der Waals surface area contributed by atoms with Gasteiger partial charge in [0, 0.05) is 31.4 Å². The fourth-order valence-corrected chi connectivity index (χ4v) is 2.50. The number of carbonyl (C=O) groups is 1. The molecule has 0 radical (unpaired) electrons. The van der Waals surface area contributed by atoms with Gasteiger partial charge in [-0.15, -0.1) is 0 Å². The van der Waals surface area contributed by atoms with E-state index in [0.717, 1.165) is 12.0 Å². The number of hydrogen-bond donors (Lipinski definition) is 1. The lowest BCUT2D eigenvalue weighted by atomic mass is 10.1. The molecule has 0 aromatic carbocycles. The van der Waals surface area contributed by atoms with Crippen LogP contribution in [0.1, 0.15) is 45.7 Å². The van der Waals surface area contributed by atoms with E-state index >= 15 is 0 Å². The van der Waals surface area contributed by atoms with Crippen LogP contribution in [-0.2, 0) is 4.74 Å². The molecule has 1 amide bonds. The summed E-state index contributed by atoms with van der Waals surface area (Å²) >= 11 is 0. The standard InChI is InChI=1S/C16H24FN3O2/c1-11(12-7-13(17)9-18-8-12)19-14-5-6-20(10-14)15(21)22-16(2,3)4/h7-9,11,14,19H,5-6,10H2,1-4H3. The fraction of sp³-hybridized carbons (Fsp3) is 0.625. The molecule has 1 aromatic rings. The van der Waals surface area contributed by atoms with E-state index < -0.39 is 5.60 Å². The molecule has 1 aliphatic heterocycles. The first-order valence-electron chi connectivity index (χ1n) is 7.59. The van der Waals surface area contributed by atoms with Crippen molar-refractivity contribution in [3.8, 4) is 0 Å². The van der Waals surface area contributed by atoms with Crippen LogP contribution < -0.4 is 5.32 Å². The van der Waals surface area contributed by atoms with Gasteiger partial charge in [0.15, 0.2) is 0 Å². The minimum atomic E-state index is -0.483. The number of amides is 1. The molecule has 22 heavy (non-hydrogen) atoms. The lowest BCUT2D eigenvalue weighted by Crippen LogP contribution is -2.39. The Morgan fingerprint density at radius 2 is 2.23 bits per heavy atom. The summed E-state index contributed by atoms with van der Waals surface area (Å²) < 4.78 is 18.6. The van der Waals surface area contributed by atoms with Crippen molar-refractivity contribution in [2.45, 2.75) is 51.8 Å². The molecule has 1 saturated heterocycles. The van der Waals surface area contributed by atoms with E-state index in [1.54, 1.807) is 11.1 Å². The molecule has 122 valence electrons. The van der Waals surface area contributed by atoms with E-state index in [1.807, 2.05) is 27.7 Å². The highest BCUT2D eigenvalue weighted by Crippen LogP contribution is 2.19. The van der Waals surface area contributed by atoms with Crippen LogP contribution in [0, 0.1) is 5.82 Å². The van der Waals surface area contributed by atoms with Gasteiger partial charge < -0.3 is 15.0 Å². The number of nitrogens with one attached hydrogen (secondary N) is 1. The molecule has 2 atom stereocenters. The van der Waals surface area contributed by atoms with E-state index in [4.69, 9.17) is 4.74 Å². The summed E-state index contributed by atoms with van der Waals surface area (Å²) in [6.07, 6.45) is 3.42. The Morgan fingerprint density at radius 1 is 1.50 bits per heavy atom. The molecule has 0 bridgehead atoms. The van der Waals surface area contributed by atoms with Crippen LogP contribution in [0.4, 0.5) is 9.18 Å². The first-order chi connectivity index (χ1) is 10.2. The summed E-state index contributed by atoms with van der Waals surface area (Å²) in [7, 11) is 0. The third kappa shape index (κ3) is 4.66. The molecule has 6 heteroatoms. The highest BCUT2D eigenvalue weighted by Gasteiger charge is 2.30. The minimum absolute atomic E-state index is 0.0215. The van der Waals surface area contributed by atoms with Gasteiger partial charge in [-0.05, 0) is 45.7 Å². The van der Waals surface area contributed by atoms with Crippen LogP contribution in [-0.4, -0.2) is 40.7 Å². The summed E-state index contributed by atoms with van der Waals surface area (Å²) in [5, 5.41) is 3.41. The Kier molecular flexibility index (Phi) is 5.01. The molecule has 0 aliphatic carbocycles. The number of ether oxygens (including phenoxy) is 1. The summed E-state index contributed by atoms with van der Waals surface area (Å²) in [6.45, 7) is 8.80. The summed E-state index contributed by atoms with van der Waals surface area (Å²) in [6, 6.07) is 1.63. The monoisotopic (exact) mass is 309 g/mol. The highest BCUT2D eigenvalue weighted by atomic mass is 19.1. The van der Waals surface area contributed by atoms with Crippen LogP contribution in [0.5, 0.6) is 0 Å². The van der Waals surface area contributed by atoms with Gasteiger partial charge >= 0.3 is 6.09 Å². The van der Waals surface area contributed by atoms with Crippen molar-refractivity contribution in [3.05, 3.63) is 29.8 Å². The van der Waals surface area contributed by atoms with Gasteiger partial charge in [-0.25, -0.2) is 9.18 Å². The van der Waals surface area contributed by atoms with Crippen molar-refractivity contribution in [1.82, 2.24) is 15.2 Å². The van der Waals surface area contributed by atoms with Crippen LogP contribution in [0.15, 0.2) is 18.5 Å². The predicted molar refractivity (Wildman–Crippen MR) is 82.0 cm³/mol. The number of aromatic nitrogens is 1. The second kappa shape index (κ2) is 6.60. The van der Waals surface area contributed by atoms with E-state index in [9.17, 15) is 9.18 Å². The van der Waals surface area contributed by atoms with Gasteiger partial charge in [-0.1, -0.05) is 0 Å². The molecular formula is C16H24FN3O2.